The summed E-state index contributed by atoms with van der Waals surface area (Å²) in [7, 11) is 4.05. The number of fused-ring (bicyclic) bond motifs is 1. The van der Waals surface area contributed by atoms with Crippen molar-refractivity contribution in [2.45, 2.75) is 63.8 Å². The molecule has 2 amide bonds. The van der Waals surface area contributed by atoms with E-state index in [-0.39, 0.29) is 17.7 Å². The van der Waals surface area contributed by atoms with Crippen LogP contribution in [0.15, 0.2) is 0 Å². The second-order valence-electron chi connectivity index (χ2n) is 10.7. The number of amides is 2. The summed E-state index contributed by atoms with van der Waals surface area (Å²) >= 11 is 0. The molecule has 4 fully saturated rings. The molecule has 0 aromatic heterocycles. The summed E-state index contributed by atoms with van der Waals surface area (Å²) in [6.45, 7) is 3.93. The lowest BCUT2D eigenvalue weighted by Gasteiger charge is -2.39. The highest BCUT2D eigenvalue weighted by atomic mass is 16.2. The molecular formula is C24H42N4O2. The number of nitrogens with zero attached hydrogens (tertiary/aromatic N) is 1. The summed E-state index contributed by atoms with van der Waals surface area (Å²) in [5.41, 5.74) is 0. The van der Waals surface area contributed by atoms with Crippen LogP contribution in [0.3, 0.4) is 0 Å². The summed E-state index contributed by atoms with van der Waals surface area (Å²) in [4.78, 5) is 27.3. The van der Waals surface area contributed by atoms with E-state index in [1.54, 1.807) is 0 Å². The van der Waals surface area contributed by atoms with Crippen LogP contribution in [-0.2, 0) is 9.59 Å². The Balaban J connectivity index is 1.15. The molecule has 5 unspecified atom stereocenters. The summed E-state index contributed by atoms with van der Waals surface area (Å²) in [6.07, 6.45) is 10.1. The lowest BCUT2D eigenvalue weighted by molar-refractivity contribution is -0.127. The predicted molar refractivity (Wildman–Crippen MR) is 119 cm³/mol. The van der Waals surface area contributed by atoms with E-state index in [4.69, 9.17) is 0 Å². The Morgan fingerprint density at radius 3 is 2.43 bits per heavy atom. The minimum Gasteiger partial charge on any atom is -0.355 e. The number of carbonyl (C=O) groups excluding carboxylic acids is 2. The van der Waals surface area contributed by atoms with Crippen molar-refractivity contribution in [3.63, 3.8) is 0 Å². The van der Waals surface area contributed by atoms with Crippen LogP contribution in [0.4, 0.5) is 0 Å². The Bertz CT molecular complexity index is 602. The Hall–Kier alpha value is -1.14. The molecule has 1 aliphatic heterocycles. The minimum atomic E-state index is 0.176. The molecule has 0 bridgehead atoms. The zero-order chi connectivity index (χ0) is 21.1. The maximum absolute atomic E-state index is 12.8. The molecule has 30 heavy (non-hydrogen) atoms. The predicted octanol–water partition coefficient (Wildman–Crippen LogP) is 2.00. The third-order valence-electron chi connectivity index (χ3n) is 8.37. The quantitative estimate of drug-likeness (QED) is 0.591. The standard InChI is InChI=1S/C24H42N4O2/c1-28(2)12-11-26-23(29)17-5-3-16(4-6-17)21-14-22(21)24(30)27-20-8-7-19-15-25-10-9-18(19)13-20/h16-22,25H,3-15H2,1-2H3,(H,26,29)(H,27,30). The first kappa shape index (κ1) is 22.1. The van der Waals surface area contributed by atoms with E-state index in [2.05, 4.69) is 20.9 Å². The molecule has 170 valence electrons. The smallest absolute Gasteiger partial charge is 0.223 e. The Kier molecular flexibility index (Phi) is 7.35. The van der Waals surface area contributed by atoms with Gasteiger partial charge in [-0.15, -0.1) is 0 Å². The SMILES string of the molecule is CN(C)CCNC(=O)C1CCC(C2CC2C(=O)NC2CCC3CNCCC3C2)CC1. The second-order valence-corrected chi connectivity index (χ2v) is 10.7. The number of nitrogens with one attached hydrogen (secondary N) is 3. The second kappa shape index (κ2) is 9.99. The maximum atomic E-state index is 12.8. The molecule has 1 saturated heterocycles. The third kappa shape index (κ3) is 5.56. The molecule has 1 heterocycles. The first-order chi connectivity index (χ1) is 14.5. The minimum absolute atomic E-state index is 0.176. The van der Waals surface area contributed by atoms with Gasteiger partial charge in [-0.2, -0.15) is 0 Å². The molecule has 6 nitrogen and oxygen atoms in total. The van der Waals surface area contributed by atoms with Crippen molar-refractivity contribution < 1.29 is 9.59 Å². The first-order valence-electron chi connectivity index (χ1n) is 12.4. The van der Waals surface area contributed by atoms with Crippen LogP contribution in [0.25, 0.3) is 0 Å². The van der Waals surface area contributed by atoms with Crippen LogP contribution in [-0.4, -0.2) is 63.0 Å². The lowest BCUT2D eigenvalue weighted by atomic mass is 9.73. The molecule has 4 rings (SSSR count). The topological polar surface area (TPSA) is 73.5 Å². The molecule has 0 aromatic carbocycles. The normalized spacial score (nSPS) is 38.6. The van der Waals surface area contributed by atoms with Gasteiger partial charge in [0, 0.05) is 31.0 Å². The molecule has 0 aromatic rings. The molecule has 5 atom stereocenters. The van der Waals surface area contributed by atoms with Crippen molar-refractivity contribution in [3.05, 3.63) is 0 Å². The van der Waals surface area contributed by atoms with Gasteiger partial charge in [0.2, 0.25) is 11.8 Å². The molecule has 0 spiro atoms. The molecule has 6 heteroatoms. The van der Waals surface area contributed by atoms with Crippen molar-refractivity contribution in [1.29, 1.82) is 0 Å². The van der Waals surface area contributed by atoms with Gasteiger partial charge in [0.05, 0.1) is 0 Å². The Labute approximate surface area is 182 Å². The maximum Gasteiger partial charge on any atom is 0.223 e. The number of rotatable bonds is 7. The van der Waals surface area contributed by atoms with Gasteiger partial charge in [0.1, 0.15) is 0 Å². The van der Waals surface area contributed by atoms with Crippen molar-refractivity contribution in [2.24, 2.45) is 35.5 Å². The van der Waals surface area contributed by atoms with Crippen molar-refractivity contribution in [2.75, 3.05) is 40.3 Å². The van der Waals surface area contributed by atoms with Gasteiger partial charge in [-0.05, 0) is 109 Å². The average molecular weight is 419 g/mol. The van der Waals surface area contributed by atoms with Gasteiger partial charge >= 0.3 is 0 Å². The molecule has 3 aliphatic carbocycles. The highest BCUT2D eigenvalue weighted by molar-refractivity contribution is 5.82. The fourth-order valence-corrected chi connectivity index (χ4v) is 6.36. The number of hydrogen-bond donors (Lipinski definition) is 3. The summed E-state index contributed by atoms with van der Waals surface area (Å²) in [5.74, 6) is 3.82. The van der Waals surface area contributed by atoms with Gasteiger partial charge in [-0.25, -0.2) is 0 Å². The van der Waals surface area contributed by atoms with Crippen LogP contribution < -0.4 is 16.0 Å². The van der Waals surface area contributed by atoms with E-state index >= 15 is 0 Å². The van der Waals surface area contributed by atoms with Crippen LogP contribution >= 0.6 is 0 Å². The molecule has 0 radical (unpaired) electrons. The van der Waals surface area contributed by atoms with Crippen molar-refractivity contribution in [1.82, 2.24) is 20.9 Å². The van der Waals surface area contributed by atoms with Gasteiger partial charge in [-0.1, -0.05) is 0 Å². The van der Waals surface area contributed by atoms with E-state index < -0.39 is 0 Å². The zero-order valence-corrected chi connectivity index (χ0v) is 19.0. The first-order valence-corrected chi connectivity index (χ1v) is 12.4. The van der Waals surface area contributed by atoms with Gasteiger partial charge in [-0.3, -0.25) is 9.59 Å². The van der Waals surface area contributed by atoms with E-state index in [1.165, 1.54) is 25.8 Å². The number of likely N-dealkylation sites (N-methyl/N-ethyl adjacent to an activating group) is 1. The summed E-state index contributed by atoms with van der Waals surface area (Å²) in [5, 5.41) is 10.0. The largest absolute Gasteiger partial charge is 0.355 e. The van der Waals surface area contributed by atoms with Crippen molar-refractivity contribution in [3.8, 4) is 0 Å². The fourth-order valence-electron chi connectivity index (χ4n) is 6.36. The monoisotopic (exact) mass is 418 g/mol. The van der Waals surface area contributed by atoms with Crippen LogP contribution in [0, 0.1) is 35.5 Å². The van der Waals surface area contributed by atoms with E-state index in [1.807, 2.05) is 14.1 Å². The number of carbonyl (C=O) groups is 2. The number of piperidine rings is 1. The molecule has 3 saturated carbocycles. The summed E-state index contributed by atoms with van der Waals surface area (Å²) in [6, 6.07) is 0.402. The zero-order valence-electron chi connectivity index (χ0n) is 19.0. The van der Waals surface area contributed by atoms with Gasteiger partial charge in [0.25, 0.3) is 0 Å². The average Bonchev–Trinajstić information content (AvgIpc) is 3.54. The van der Waals surface area contributed by atoms with Crippen LogP contribution in [0.1, 0.15) is 57.8 Å². The van der Waals surface area contributed by atoms with Gasteiger partial charge in [0.15, 0.2) is 0 Å². The molecule has 4 aliphatic rings. The third-order valence-corrected chi connectivity index (χ3v) is 8.37. The van der Waals surface area contributed by atoms with Crippen molar-refractivity contribution >= 4 is 11.8 Å². The van der Waals surface area contributed by atoms with E-state index in [9.17, 15) is 9.59 Å². The number of hydrogen-bond acceptors (Lipinski definition) is 4. The van der Waals surface area contributed by atoms with Crippen LogP contribution in [0.5, 0.6) is 0 Å². The van der Waals surface area contributed by atoms with Gasteiger partial charge < -0.3 is 20.9 Å². The highest BCUT2D eigenvalue weighted by Crippen LogP contribution is 2.50. The van der Waals surface area contributed by atoms with E-state index in [0.29, 0.717) is 23.8 Å². The van der Waals surface area contributed by atoms with E-state index in [0.717, 1.165) is 70.0 Å². The Morgan fingerprint density at radius 2 is 1.67 bits per heavy atom. The fraction of sp³-hybridized carbons (Fsp3) is 0.917. The molecular weight excluding hydrogens is 376 g/mol. The highest BCUT2D eigenvalue weighted by Gasteiger charge is 2.49. The summed E-state index contributed by atoms with van der Waals surface area (Å²) < 4.78 is 0. The van der Waals surface area contributed by atoms with Crippen LogP contribution in [0.2, 0.25) is 0 Å². The molecule has 3 N–H and O–H groups in total. The lowest BCUT2D eigenvalue weighted by Crippen LogP contribution is -2.46. The Morgan fingerprint density at radius 1 is 0.900 bits per heavy atom.